The molecule has 0 spiro atoms. The molecule has 138 valence electrons. The van der Waals surface area contributed by atoms with Crippen molar-refractivity contribution in [2.24, 2.45) is 5.92 Å². The Hall–Kier alpha value is -3.29. The molecule has 0 atom stereocenters. The molecule has 1 saturated heterocycles. The zero-order valence-electron chi connectivity index (χ0n) is 14.6. The first-order valence-corrected chi connectivity index (χ1v) is 8.86. The number of anilines is 2. The summed E-state index contributed by atoms with van der Waals surface area (Å²) in [5, 5.41) is 14.7. The predicted molar refractivity (Wildman–Crippen MR) is 99.1 cm³/mol. The maximum Gasteiger partial charge on any atom is 0.250 e. The van der Waals surface area contributed by atoms with E-state index in [0.717, 1.165) is 5.69 Å². The summed E-state index contributed by atoms with van der Waals surface area (Å²) in [5.74, 6) is -0.0798. The van der Waals surface area contributed by atoms with Gasteiger partial charge in [-0.3, -0.25) is 4.79 Å². The molecule has 27 heavy (non-hydrogen) atoms. The van der Waals surface area contributed by atoms with Gasteiger partial charge in [-0.2, -0.15) is 4.68 Å². The van der Waals surface area contributed by atoms with Crippen LogP contribution in [0.15, 0.2) is 54.6 Å². The van der Waals surface area contributed by atoms with Gasteiger partial charge >= 0.3 is 0 Å². The Balaban J connectivity index is 1.41. The third kappa shape index (κ3) is 3.64. The minimum Gasteiger partial charge on any atom is -0.339 e. The molecule has 8 heteroatoms. The van der Waals surface area contributed by atoms with Gasteiger partial charge in [0.05, 0.1) is 11.4 Å². The molecule has 1 fully saturated rings. The van der Waals surface area contributed by atoms with Crippen molar-refractivity contribution in [3.63, 3.8) is 0 Å². The number of aromatic nitrogens is 4. The molecule has 1 amide bonds. The number of hydrogen-bond donors (Lipinski definition) is 1. The first kappa shape index (κ1) is 17.1. The van der Waals surface area contributed by atoms with E-state index in [9.17, 15) is 9.18 Å². The number of para-hydroxylation sites is 2. The fraction of sp³-hybridized carbons (Fsp3) is 0.263. The highest BCUT2D eigenvalue weighted by Gasteiger charge is 2.28. The number of nitrogens with one attached hydrogen (secondary N) is 1. The number of piperidine rings is 1. The van der Waals surface area contributed by atoms with E-state index in [-0.39, 0.29) is 17.5 Å². The van der Waals surface area contributed by atoms with E-state index in [1.165, 1.54) is 6.07 Å². The lowest BCUT2D eigenvalue weighted by Crippen LogP contribution is -2.39. The molecular formula is C19H19FN6O. The molecule has 0 radical (unpaired) electrons. The lowest BCUT2D eigenvalue weighted by Gasteiger charge is -2.31. The largest absolute Gasteiger partial charge is 0.339 e. The molecule has 0 aliphatic carbocycles. The molecule has 1 aliphatic rings. The summed E-state index contributed by atoms with van der Waals surface area (Å²) in [6, 6.07) is 15.9. The summed E-state index contributed by atoms with van der Waals surface area (Å²) in [7, 11) is 0. The highest BCUT2D eigenvalue weighted by atomic mass is 19.1. The summed E-state index contributed by atoms with van der Waals surface area (Å²) in [6.07, 6.45) is 1.31. The van der Waals surface area contributed by atoms with Gasteiger partial charge in [0.25, 0.3) is 0 Å². The first-order valence-electron chi connectivity index (χ1n) is 8.86. The van der Waals surface area contributed by atoms with Gasteiger partial charge in [-0.15, -0.1) is 0 Å². The Kier molecular flexibility index (Phi) is 4.78. The minimum atomic E-state index is -0.426. The van der Waals surface area contributed by atoms with Crippen LogP contribution in [-0.4, -0.2) is 39.2 Å². The van der Waals surface area contributed by atoms with E-state index >= 15 is 0 Å². The maximum atomic E-state index is 13.7. The van der Waals surface area contributed by atoms with Gasteiger partial charge in [-0.1, -0.05) is 35.4 Å². The van der Waals surface area contributed by atoms with Crippen molar-refractivity contribution in [3.05, 3.63) is 60.4 Å². The summed E-state index contributed by atoms with van der Waals surface area (Å²) >= 11 is 0. The number of halogens is 1. The quantitative estimate of drug-likeness (QED) is 0.768. The zero-order chi connectivity index (χ0) is 18.6. The number of benzene rings is 2. The van der Waals surface area contributed by atoms with Crippen LogP contribution in [0.2, 0.25) is 0 Å². The van der Waals surface area contributed by atoms with E-state index in [1.54, 1.807) is 22.9 Å². The second-order valence-corrected chi connectivity index (χ2v) is 6.46. The van der Waals surface area contributed by atoms with Crippen LogP contribution in [0.3, 0.4) is 0 Å². The molecule has 1 aromatic heterocycles. The van der Waals surface area contributed by atoms with E-state index in [1.807, 2.05) is 30.3 Å². The summed E-state index contributed by atoms with van der Waals surface area (Å²) < 4.78 is 15.4. The molecule has 0 bridgehead atoms. The number of nitrogens with zero attached hydrogens (tertiary/aromatic N) is 5. The van der Waals surface area contributed by atoms with Crippen molar-refractivity contribution in [2.45, 2.75) is 12.8 Å². The topological polar surface area (TPSA) is 75.9 Å². The molecule has 3 aromatic rings. The maximum absolute atomic E-state index is 13.7. The number of amides is 1. The Labute approximate surface area is 155 Å². The van der Waals surface area contributed by atoms with Gasteiger partial charge in [0.2, 0.25) is 11.9 Å². The first-order chi connectivity index (χ1) is 13.2. The van der Waals surface area contributed by atoms with Crippen LogP contribution < -0.4 is 10.2 Å². The van der Waals surface area contributed by atoms with Gasteiger partial charge in [0, 0.05) is 19.0 Å². The van der Waals surface area contributed by atoms with Gasteiger partial charge in [0.1, 0.15) is 5.82 Å². The number of rotatable bonds is 4. The van der Waals surface area contributed by atoms with Gasteiger partial charge in [-0.25, -0.2) is 4.39 Å². The van der Waals surface area contributed by atoms with E-state index in [4.69, 9.17) is 0 Å². The lowest BCUT2D eigenvalue weighted by atomic mass is 9.96. The zero-order valence-corrected chi connectivity index (χ0v) is 14.6. The van der Waals surface area contributed by atoms with Crippen LogP contribution in [0.5, 0.6) is 0 Å². The summed E-state index contributed by atoms with van der Waals surface area (Å²) in [6.45, 7) is 1.31. The summed E-state index contributed by atoms with van der Waals surface area (Å²) in [4.78, 5) is 14.5. The SMILES string of the molecule is O=C(Nc1ccccc1F)C1CCN(c2nnnn2-c2ccccc2)CC1. The number of tetrazole rings is 1. The summed E-state index contributed by atoms with van der Waals surface area (Å²) in [5.41, 5.74) is 1.11. The molecule has 7 nitrogen and oxygen atoms in total. The van der Waals surface area contributed by atoms with Crippen LogP contribution in [0.25, 0.3) is 5.69 Å². The van der Waals surface area contributed by atoms with Crippen molar-refractivity contribution >= 4 is 17.5 Å². The predicted octanol–water partition coefficient (Wildman–Crippen LogP) is 2.66. The molecule has 0 unspecified atom stereocenters. The van der Waals surface area contributed by atoms with E-state index < -0.39 is 5.82 Å². The van der Waals surface area contributed by atoms with Gasteiger partial charge < -0.3 is 10.2 Å². The third-order valence-electron chi connectivity index (χ3n) is 4.73. The van der Waals surface area contributed by atoms with Gasteiger partial charge in [-0.05, 0) is 47.5 Å². The van der Waals surface area contributed by atoms with Crippen LogP contribution in [0, 0.1) is 11.7 Å². The molecule has 1 aliphatic heterocycles. The van der Waals surface area contributed by atoms with Crippen molar-refractivity contribution in [1.82, 2.24) is 20.2 Å². The monoisotopic (exact) mass is 366 g/mol. The molecule has 2 aromatic carbocycles. The average molecular weight is 366 g/mol. The standard InChI is InChI=1S/C19H19FN6O/c20-16-8-4-5-9-17(16)21-18(27)14-10-12-25(13-11-14)19-22-23-24-26(19)15-6-2-1-3-7-15/h1-9,14H,10-13H2,(H,21,27). The molecule has 4 rings (SSSR count). The molecule has 1 N–H and O–H groups in total. The van der Waals surface area contributed by atoms with E-state index in [0.29, 0.717) is 31.9 Å². The Bertz CT molecular complexity index is 921. The number of carbonyl (C=O) groups is 1. The van der Waals surface area contributed by atoms with Crippen LogP contribution in [-0.2, 0) is 4.79 Å². The molecule has 0 saturated carbocycles. The van der Waals surface area contributed by atoms with Crippen LogP contribution in [0.1, 0.15) is 12.8 Å². The Morgan fingerprint density at radius 2 is 1.74 bits per heavy atom. The Morgan fingerprint density at radius 1 is 1.04 bits per heavy atom. The van der Waals surface area contributed by atoms with Crippen LogP contribution in [0.4, 0.5) is 16.0 Å². The fourth-order valence-corrected chi connectivity index (χ4v) is 3.25. The highest BCUT2D eigenvalue weighted by Crippen LogP contribution is 2.24. The van der Waals surface area contributed by atoms with Gasteiger partial charge in [0.15, 0.2) is 0 Å². The van der Waals surface area contributed by atoms with Crippen molar-refractivity contribution in [2.75, 3.05) is 23.3 Å². The second kappa shape index (κ2) is 7.53. The third-order valence-corrected chi connectivity index (χ3v) is 4.73. The molecular weight excluding hydrogens is 347 g/mol. The van der Waals surface area contributed by atoms with Crippen molar-refractivity contribution in [3.8, 4) is 5.69 Å². The van der Waals surface area contributed by atoms with E-state index in [2.05, 4.69) is 25.7 Å². The number of hydrogen-bond acceptors (Lipinski definition) is 5. The lowest BCUT2D eigenvalue weighted by molar-refractivity contribution is -0.120. The number of carbonyl (C=O) groups excluding carboxylic acids is 1. The smallest absolute Gasteiger partial charge is 0.250 e. The minimum absolute atomic E-state index is 0.151. The fourth-order valence-electron chi connectivity index (χ4n) is 3.25. The highest BCUT2D eigenvalue weighted by molar-refractivity contribution is 5.92. The average Bonchev–Trinajstić information content (AvgIpc) is 3.20. The van der Waals surface area contributed by atoms with Crippen molar-refractivity contribution < 1.29 is 9.18 Å². The van der Waals surface area contributed by atoms with Crippen LogP contribution >= 0.6 is 0 Å². The van der Waals surface area contributed by atoms with Crippen molar-refractivity contribution in [1.29, 1.82) is 0 Å². The normalized spacial score (nSPS) is 14.9. The Morgan fingerprint density at radius 3 is 2.48 bits per heavy atom. The molecule has 2 heterocycles. The second-order valence-electron chi connectivity index (χ2n) is 6.46.